The maximum absolute atomic E-state index is 8.89. The van der Waals surface area contributed by atoms with E-state index >= 15 is 0 Å². The van der Waals surface area contributed by atoms with Crippen molar-refractivity contribution in [3.05, 3.63) is 0 Å². The summed E-state index contributed by atoms with van der Waals surface area (Å²) in [5, 5.41) is 8.89. The lowest BCUT2D eigenvalue weighted by Gasteiger charge is -2.25. The number of aliphatic hydroxyl groups is 1. The number of hydrogen-bond acceptors (Lipinski definition) is 4. The Labute approximate surface area is 97.5 Å². The van der Waals surface area contributed by atoms with Gasteiger partial charge in [0.1, 0.15) is 0 Å². The van der Waals surface area contributed by atoms with Gasteiger partial charge in [0.15, 0.2) is 6.29 Å². The van der Waals surface area contributed by atoms with Crippen LogP contribution in [0.15, 0.2) is 0 Å². The molecule has 0 spiro atoms. The molecule has 0 aromatic carbocycles. The third kappa shape index (κ3) is 3.70. The zero-order valence-corrected chi connectivity index (χ0v) is 9.94. The first-order valence-corrected chi connectivity index (χ1v) is 6.45. The highest BCUT2D eigenvalue weighted by molar-refractivity contribution is 4.75. The van der Waals surface area contributed by atoms with Crippen molar-refractivity contribution >= 4 is 0 Å². The van der Waals surface area contributed by atoms with E-state index in [0.717, 1.165) is 52.1 Å². The van der Waals surface area contributed by atoms with E-state index < -0.39 is 0 Å². The van der Waals surface area contributed by atoms with Gasteiger partial charge in [0.05, 0.1) is 13.2 Å². The van der Waals surface area contributed by atoms with Gasteiger partial charge in [-0.15, -0.1) is 0 Å². The topological polar surface area (TPSA) is 41.9 Å². The Bertz CT molecular complexity index is 195. The summed E-state index contributed by atoms with van der Waals surface area (Å²) in [6.07, 6.45) is 4.20. The molecule has 2 aliphatic heterocycles. The monoisotopic (exact) mass is 229 g/mol. The van der Waals surface area contributed by atoms with Crippen LogP contribution in [0.25, 0.3) is 0 Å². The van der Waals surface area contributed by atoms with Crippen molar-refractivity contribution in [3.8, 4) is 0 Å². The number of rotatable bonds is 5. The summed E-state index contributed by atoms with van der Waals surface area (Å²) in [4.78, 5) is 2.46. The van der Waals surface area contributed by atoms with Gasteiger partial charge in [0, 0.05) is 26.1 Å². The van der Waals surface area contributed by atoms with Crippen LogP contribution in [0.5, 0.6) is 0 Å². The Morgan fingerprint density at radius 3 is 2.75 bits per heavy atom. The van der Waals surface area contributed by atoms with Gasteiger partial charge >= 0.3 is 0 Å². The number of likely N-dealkylation sites (tertiary alicyclic amines) is 1. The summed E-state index contributed by atoms with van der Waals surface area (Å²) in [6.45, 7) is 5.38. The molecule has 4 nitrogen and oxygen atoms in total. The molecule has 1 N–H and O–H groups in total. The first kappa shape index (κ1) is 12.3. The van der Waals surface area contributed by atoms with Crippen LogP contribution in [0.2, 0.25) is 0 Å². The number of nitrogens with zero attached hydrogens (tertiary/aromatic N) is 1. The van der Waals surface area contributed by atoms with Gasteiger partial charge in [-0.2, -0.15) is 0 Å². The molecule has 94 valence electrons. The van der Waals surface area contributed by atoms with Gasteiger partial charge in [-0.1, -0.05) is 0 Å². The summed E-state index contributed by atoms with van der Waals surface area (Å²) < 4.78 is 11.0. The standard InChI is InChI=1S/C12H23NO3/c14-7-4-11-2-5-13(10-11)6-3-12-15-8-1-9-16-12/h11-12,14H,1-10H2. The van der Waals surface area contributed by atoms with E-state index in [0.29, 0.717) is 12.5 Å². The van der Waals surface area contributed by atoms with E-state index in [1.165, 1.54) is 6.42 Å². The predicted molar refractivity (Wildman–Crippen MR) is 61.2 cm³/mol. The van der Waals surface area contributed by atoms with Gasteiger partial charge in [-0.3, -0.25) is 0 Å². The highest BCUT2D eigenvalue weighted by Gasteiger charge is 2.23. The lowest BCUT2D eigenvalue weighted by molar-refractivity contribution is -0.182. The van der Waals surface area contributed by atoms with E-state index in [1.807, 2.05) is 0 Å². The van der Waals surface area contributed by atoms with Crippen molar-refractivity contribution in [2.24, 2.45) is 5.92 Å². The first-order valence-electron chi connectivity index (χ1n) is 6.45. The highest BCUT2D eigenvalue weighted by Crippen LogP contribution is 2.20. The first-order chi connectivity index (χ1) is 7.88. The molecule has 2 saturated heterocycles. The lowest BCUT2D eigenvalue weighted by Crippen LogP contribution is -2.30. The third-order valence-corrected chi connectivity index (χ3v) is 3.48. The fourth-order valence-electron chi connectivity index (χ4n) is 2.53. The number of ether oxygens (including phenoxy) is 2. The van der Waals surface area contributed by atoms with Gasteiger partial charge in [-0.25, -0.2) is 0 Å². The zero-order valence-electron chi connectivity index (χ0n) is 9.94. The van der Waals surface area contributed by atoms with E-state index in [2.05, 4.69) is 4.90 Å². The van der Waals surface area contributed by atoms with Crippen LogP contribution in [-0.2, 0) is 9.47 Å². The Kier molecular flexibility index (Phi) is 5.03. The zero-order chi connectivity index (χ0) is 11.2. The average Bonchev–Trinajstić information content (AvgIpc) is 2.76. The SMILES string of the molecule is OCCC1CCN(CCC2OCCCO2)C1. The molecule has 0 aromatic heterocycles. The Hall–Kier alpha value is -0.160. The fraction of sp³-hybridized carbons (Fsp3) is 1.00. The van der Waals surface area contributed by atoms with Crippen molar-refractivity contribution in [1.29, 1.82) is 0 Å². The molecule has 0 saturated carbocycles. The predicted octanol–water partition coefficient (Wildman–Crippen LogP) is 0.844. The van der Waals surface area contributed by atoms with Crippen molar-refractivity contribution in [1.82, 2.24) is 4.90 Å². The van der Waals surface area contributed by atoms with Crippen molar-refractivity contribution < 1.29 is 14.6 Å². The molecule has 0 radical (unpaired) electrons. The van der Waals surface area contributed by atoms with Crippen molar-refractivity contribution in [2.75, 3.05) is 39.5 Å². The molecular weight excluding hydrogens is 206 g/mol. The highest BCUT2D eigenvalue weighted by atomic mass is 16.7. The van der Waals surface area contributed by atoms with Crippen molar-refractivity contribution in [2.45, 2.75) is 32.0 Å². The summed E-state index contributed by atoms with van der Waals surface area (Å²) in [6, 6.07) is 0. The Morgan fingerprint density at radius 2 is 2.00 bits per heavy atom. The van der Waals surface area contributed by atoms with Gasteiger partial charge in [0.2, 0.25) is 0 Å². The fourth-order valence-corrected chi connectivity index (χ4v) is 2.53. The lowest BCUT2D eigenvalue weighted by atomic mass is 10.1. The van der Waals surface area contributed by atoms with Crippen LogP contribution < -0.4 is 0 Å². The summed E-state index contributed by atoms with van der Waals surface area (Å²) in [5.41, 5.74) is 0. The quantitative estimate of drug-likeness (QED) is 0.758. The summed E-state index contributed by atoms with van der Waals surface area (Å²) in [7, 11) is 0. The molecule has 2 heterocycles. The molecule has 16 heavy (non-hydrogen) atoms. The summed E-state index contributed by atoms with van der Waals surface area (Å²) in [5.74, 6) is 0.693. The maximum Gasteiger partial charge on any atom is 0.158 e. The molecule has 0 aliphatic carbocycles. The van der Waals surface area contributed by atoms with E-state index in [1.54, 1.807) is 0 Å². The Morgan fingerprint density at radius 1 is 1.19 bits per heavy atom. The number of aliphatic hydroxyl groups excluding tert-OH is 1. The van der Waals surface area contributed by atoms with E-state index in [9.17, 15) is 0 Å². The normalized spacial score (nSPS) is 28.7. The van der Waals surface area contributed by atoms with Crippen LogP contribution in [-0.4, -0.2) is 55.8 Å². The second-order valence-corrected chi connectivity index (χ2v) is 4.78. The van der Waals surface area contributed by atoms with Gasteiger partial charge in [0.25, 0.3) is 0 Å². The maximum atomic E-state index is 8.89. The van der Waals surface area contributed by atoms with Crippen LogP contribution in [0.4, 0.5) is 0 Å². The number of hydrogen-bond donors (Lipinski definition) is 1. The smallest absolute Gasteiger partial charge is 0.158 e. The minimum absolute atomic E-state index is 0.0191. The molecule has 1 unspecified atom stereocenters. The van der Waals surface area contributed by atoms with Crippen LogP contribution >= 0.6 is 0 Å². The second kappa shape index (κ2) is 6.55. The Balaban J connectivity index is 1.59. The van der Waals surface area contributed by atoms with E-state index in [-0.39, 0.29) is 6.29 Å². The van der Waals surface area contributed by atoms with Crippen LogP contribution in [0.1, 0.15) is 25.7 Å². The molecule has 0 aromatic rings. The molecule has 0 bridgehead atoms. The van der Waals surface area contributed by atoms with Crippen molar-refractivity contribution in [3.63, 3.8) is 0 Å². The molecule has 2 fully saturated rings. The minimum Gasteiger partial charge on any atom is -0.396 e. The third-order valence-electron chi connectivity index (χ3n) is 3.48. The van der Waals surface area contributed by atoms with Gasteiger partial charge in [-0.05, 0) is 31.7 Å². The second-order valence-electron chi connectivity index (χ2n) is 4.78. The van der Waals surface area contributed by atoms with E-state index in [4.69, 9.17) is 14.6 Å². The molecule has 4 heteroatoms. The minimum atomic E-state index is 0.0191. The average molecular weight is 229 g/mol. The van der Waals surface area contributed by atoms with Crippen LogP contribution in [0.3, 0.4) is 0 Å². The molecule has 0 amide bonds. The molecule has 1 atom stereocenters. The van der Waals surface area contributed by atoms with Crippen LogP contribution in [0, 0.1) is 5.92 Å². The van der Waals surface area contributed by atoms with Gasteiger partial charge < -0.3 is 19.5 Å². The largest absolute Gasteiger partial charge is 0.396 e. The summed E-state index contributed by atoms with van der Waals surface area (Å²) >= 11 is 0. The molecule has 2 rings (SSSR count). The molecular formula is C12H23NO3. The molecule has 2 aliphatic rings.